The number of aromatic amines is 2. The number of hydrogen-bond acceptors (Lipinski definition) is 4. The van der Waals surface area contributed by atoms with Gasteiger partial charge in [-0.05, 0) is 42.3 Å². The number of H-pyrrole nitrogens is 2. The maximum Gasteiger partial charge on any atom is 0.335 e. The summed E-state index contributed by atoms with van der Waals surface area (Å²) in [4.78, 5) is 31.3. The highest BCUT2D eigenvalue weighted by molar-refractivity contribution is 5.86. The first-order valence-corrected chi connectivity index (χ1v) is 10.2. The summed E-state index contributed by atoms with van der Waals surface area (Å²) >= 11 is 0. The average molecular weight is 419 g/mol. The van der Waals surface area contributed by atoms with Crippen LogP contribution in [0, 0.1) is 6.92 Å². The van der Waals surface area contributed by atoms with E-state index in [1.165, 1.54) is 4.57 Å². The number of methoxy groups -OCH3 is 1. The lowest BCUT2D eigenvalue weighted by atomic mass is 9.95. The van der Waals surface area contributed by atoms with Crippen molar-refractivity contribution >= 4 is 10.9 Å². The Hall–Kier alpha value is -3.78. The summed E-state index contributed by atoms with van der Waals surface area (Å²) in [6.07, 6.45) is 0.815. The number of benzene rings is 2. The van der Waals surface area contributed by atoms with E-state index in [0.29, 0.717) is 5.69 Å². The van der Waals surface area contributed by atoms with Gasteiger partial charge in [-0.2, -0.15) is 0 Å². The van der Waals surface area contributed by atoms with Gasteiger partial charge in [-0.3, -0.25) is 9.78 Å². The second-order valence-electron chi connectivity index (χ2n) is 7.80. The Morgan fingerprint density at radius 2 is 1.97 bits per heavy atom. The Morgan fingerprint density at radius 1 is 1.16 bits per heavy atom. The molecule has 1 aliphatic rings. The van der Waals surface area contributed by atoms with E-state index < -0.39 is 17.3 Å². The van der Waals surface area contributed by atoms with Gasteiger partial charge in [0.15, 0.2) is 6.04 Å². The number of hydrogen-bond donors (Lipinski definition) is 4. The van der Waals surface area contributed by atoms with Gasteiger partial charge >= 0.3 is 5.69 Å². The summed E-state index contributed by atoms with van der Waals surface area (Å²) in [7, 11) is 1.63. The summed E-state index contributed by atoms with van der Waals surface area (Å²) in [6, 6.07) is 12.6. The molecule has 0 fully saturated rings. The lowest BCUT2D eigenvalue weighted by molar-refractivity contribution is -0.690. The molecule has 8 nitrogen and oxygen atoms in total. The molecule has 4 aromatic rings. The number of aromatic nitrogens is 3. The van der Waals surface area contributed by atoms with Gasteiger partial charge in [0.2, 0.25) is 5.88 Å². The van der Waals surface area contributed by atoms with Crippen molar-refractivity contribution in [1.82, 2.24) is 14.5 Å². The fourth-order valence-electron chi connectivity index (χ4n) is 4.54. The van der Waals surface area contributed by atoms with Crippen LogP contribution in [-0.4, -0.2) is 33.3 Å². The van der Waals surface area contributed by atoms with E-state index in [1.54, 1.807) is 19.2 Å². The molecule has 1 atom stereocenters. The molecule has 5 rings (SSSR count). The third-order valence-electron chi connectivity index (χ3n) is 6.04. The molecule has 0 aliphatic carbocycles. The summed E-state index contributed by atoms with van der Waals surface area (Å²) < 4.78 is 6.53. The first-order valence-electron chi connectivity index (χ1n) is 10.2. The van der Waals surface area contributed by atoms with Crippen LogP contribution in [-0.2, 0) is 6.42 Å². The van der Waals surface area contributed by atoms with Crippen LogP contribution in [0.4, 0.5) is 0 Å². The topological polar surface area (TPSA) is 117 Å². The molecule has 0 unspecified atom stereocenters. The van der Waals surface area contributed by atoms with Gasteiger partial charge in [0.1, 0.15) is 11.3 Å². The Balaban J connectivity index is 1.74. The molecule has 0 radical (unpaired) electrons. The number of aryl methyl sites for hydroxylation is 1. The molecular formula is C23H23N4O4+. The van der Waals surface area contributed by atoms with Gasteiger partial charge in [0.25, 0.3) is 5.56 Å². The minimum absolute atomic E-state index is 0.155. The summed E-state index contributed by atoms with van der Waals surface area (Å²) in [6.45, 7) is 2.59. The van der Waals surface area contributed by atoms with Gasteiger partial charge in [0, 0.05) is 17.3 Å². The van der Waals surface area contributed by atoms with Crippen molar-refractivity contribution in [3.05, 3.63) is 85.7 Å². The van der Waals surface area contributed by atoms with Gasteiger partial charge < -0.3 is 20.1 Å². The summed E-state index contributed by atoms with van der Waals surface area (Å²) in [5, 5.41) is 14.2. The van der Waals surface area contributed by atoms with E-state index in [2.05, 4.69) is 9.97 Å². The molecule has 0 bridgehead atoms. The van der Waals surface area contributed by atoms with Crippen LogP contribution in [0.5, 0.6) is 11.6 Å². The van der Waals surface area contributed by atoms with Crippen molar-refractivity contribution in [3.63, 3.8) is 0 Å². The van der Waals surface area contributed by atoms with Crippen molar-refractivity contribution in [2.45, 2.75) is 19.4 Å². The van der Waals surface area contributed by atoms with E-state index in [4.69, 9.17) is 4.74 Å². The van der Waals surface area contributed by atoms with Crippen LogP contribution in [0.15, 0.2) is 52.1 Å². The maximum absolute atomic E-state index is 12.9. The number of ether oxygens (including phenoxy) is 1. The fraction of sp³-hybridized carbons (Fsp3) is 0.217. The molecular weight excluding hydrogens is 396 g/mol. The number of rotatable bonds is 3. The molecule has 3 heterocycles. The first kappa shape index (κ1) is 19.2. The average Bonchev–Trinajstić information content (AvgIpc) is 3.13. The number of aromatic hydroxyl groups is 1. The number of fused-ring (bicyclic) bond motifs is 3. The van der Waals surface area contributed by atoms with Crippen molar-refractivity contribution < 1.29 is 15.2 Å². The molecule has 2 aromatic heterocycles. The van der Waals surface area contributed by atoms with E-state index >= 15 is 0 Å². The zero-order chi connectivity index (χ0) is 21.7. The Morgan fingerprint density at radius 3 is 2.74 bits per heavy atom. The van der Waals surface area contributed by atoms with Gasteiger partial charge in [0.05, 0.1) is 25.0 Å². The number of nitrogens with zero attached hydrogens (tertiary/aromatic N) is 1. The monoisotopic (exact) mass is 419 g/mol. The predicted octanol–water partition coefficient (Wildman–Crippen LogP) is 1.24. The highest BCUT2D eigenvalue weighted by atomic mass is 16.5. The quantitative estimate of drug-likeness (QED) is 0.400. The molecule has 8 heteroatoms. The zero-order valence-corrected chi connectivity index (χ0v) is 17.2. The molecule has 0 amide bonds. The summed E-state index contributed by atoms with van der Waals surface area (Å²) in [5.41, 5.74) is 3.12. The molecule has 0 saturated heterocycles. The Labute approximate surface area is 177 Å². The van der Waals surface area contributed by atoms with E-state index in [1.807, 2.05) is 42.6 Å². The zero-order valence-electron chi connectivity index (χ0n) is 17.2. The molecule has 158 valence electrons. The predicted molar refractivity (Wildman–Crippen MR) is 116 cm³/mol. The largest absolute Gasteiger partial charge is 0.497 e. The van der Waals surface area contributed by atoms with Crippen LogP contribution >= 0.6 is 0 Å². The van der Waals surface area contributed by atoms with Gasteiger partial charge in [-0.15, -0.1) is 0 Å². The molecule has 5 N–H and O–H groups in total. The van der Waals surface area contributed by atoms with Gasteiger partial charge in [-0.1, -0.05) is 18.2 Å². The second kappa shape index (κ2) is 7.17. The highest BCUT2D eigenvalue weighted by Crippen LogP contribution is 2.34. The first-order chi connectivity index (χ1) is 15.0. The number of para-hydroxylation sites is 1. The van der Waals surface area contributed by atoms with Crippen LogP contribution in [0.1, 0.15) is 28.4 Å². The smallest absolute Gasteiger partial charge is 0.335 e. The fourth-order valence-corrected chi connectivity index (χ4v) is 4.54. The SMILES string of the molecule is COc1ccc2[nH]c3c(c2c1)CC[NH2+][C@H]3c1c(O)n(-c2ccccc2C)c(=O)[nH]c1=O. The standard InChI is InChI=1S/C23H22N4O4/c1-12-5-3-4-6-17(12)27-22(29)18(21(28)26-23(27)30)20-19-14(9-10-24-20)15-11-13(31-2)7-8-16(15)25-19/h3-8,11,20,24-25,29H,9-10H2,1-2H3,(H,26,28,30)/p+1/t20-/m0/s1. The van der Waals surface area contributed by atoms with Crippen molar-refractivity contribution in [1.29, 1.82) is 0 Å². The summed E-state index contributed by atoms with van der Waals surface area (Å²) in [5.74, 6) is 0.419. The lowest BCUT2D eigenvalue weighted by Gasteiger charge is -2.22. The third kappa shape index (κ3) is 2.95. The number of nitrogens with one attached hydrogen (secondary N) is 2. The van der Waals surface area contributed by atoms with Crippen LogP contribution in [0.25, 0.3) is 16.6 Å². The molecule has 1 aliphatic heterocycles. The number of quaternary nitrogens is 1. The van der Waals surface area contributed by atoms with Crippen molar-refractivity contribution in [2.24, 2.45) is 0 Å². The molecule has 0 spiro atoms. The van der Waals surface area contributed by atoms with Crippen molar-refractivity contribution in [2.75, 3.05) is 13.7 Å². The minimum atomic E-state index is -0.669. The molecule has 2 aromatic carbocycles. The van der Waals surface area contributed by atoms with E-state index in [-0.39, 0.29) is 11.4 Å². The third-order valence-corrected chi connectivity index (χ3v) is 6.04. The molecule has 0 saturated carbocycles. The van der Waals surface area contributed by atoms with E-state index in [0.717, 1.165) is 46.4 Å². The van der Waals surface area contributed by atoms with Crippen molar-refractivity contribution in [3.8, 4) is 17.3 Å². The van der Waals surface area contributed by atoms with Crippen LogP contribution in [0.3, 0.4) is 0 Å². The van der Waals surface area contributed by atoms with E-state index in [9.17, 15) is 14.7 Å². The maximum atomic E-state index is 12.9. The van der Waals surface area contributed by atoms with Crippen LogP contribution in [0.2, 0.25) is 0 Å². The normalized spacial score (nSPS) is 15.7. The second-order valence-corrected chi connectivity index (χ2v) is 7.80. The number of nitrogens with two attached hydrogens (primary N) is 1. The highest BCUT2D eigenvalue weighted by Gasteiger charge is 2.34. The Kier molecular flexibility index (Phi) is 4.44. The lowest BCUT2D eigenvalue weighted by Crippen LogP contribution is -2.87. The van der Waals surface area contributed by atoms with Crippen LogP contribution < -0.4 is 21.3 Å². The Bertz CT molecular complexity index is 1430. The minimum Gasteiger partial charge on any atom is -0.497 e. The van der Waals surface area contributed by atoms with Gasteiger partial charge in [-0.25, -0.2) is 9.36 Å². The molecule has 31 heavy (non-hydrogen) atoms.